The van der Waals surface area contributed by atoms with Crippen LogP contribution in [0.15, 0.2) is 30.5 Å². The summed E-state index contributed by atoms with van der Waals surface area (Å²) < 4.78 is 0. The molecule has 2 aromatic rings. The SMILES string of the molecule is CN(C)c1nccc(N(C)C2CCN(Cc3c(Cl)cccc3Cl)CC2)n1. The smallest absolute Gasteiger partial charge is 0.226 e. The van der Waals surface area contributed by atoms with Gasteiger partial charge in [0.05, 0.1) is 0 Å². The van der Waals surface area contributed by atoms with E-state index in [0.717, 1.165) is 59.9 Å². The molecule has 1 aliphatic rings. The van der Waals surface area contributed by atoms with Crippen molar-refractivity contribution in [1.82, 2.24) is 14.9 Å². The number of piperidine rings is 1. The van der Waals surface area contributed by atoms with Gasteiger partial charge in [0.15, 0.2) is 0 Å². The van der Waals surface area contributed by atoms with E-state index >= 15 is 0 Å². The van der Waals surface area contributed by atoms with E-state index in [1.807, 2.05) is 49.5 Å². The van der Waals surface area contributed by atoms with Gasteiger partial charge in [-0.05, 0) is 31.0 Å². The van der Waals surface area contributed by atoms with E-state index in [-0.39, 0.29) is 0 Å². The highest BCUT2D eigenvalue weighted by Crippen LogP contribution is 2.28. The monoisotopic (exact) mass is 393 g/mol. The molecular formula is C19H25Cl2N5. The average molecular weight is 394 g/mol. The Labute approximate surface area is 165 Å². The molecule has 7 heteroatoms. The summed E-state index contributed by atoms with van der Waals surface area (Å²) in [6.45, 7) is 2.83. The third-order valence-corrected chi connectivity index (χ3v) is 5.65. The van der Waals surface area contributed by atoms with Crippen molar-refractivity contribution in [3.63, 3.8) is 0 Å². The molecule has 0 aliphatic carbocycles. The first kappa shape index (κ1) is 19.2. The Morgan fingerprint density at radius 2 is 1.73 bits per heavy atom. The van der Waals surface area contributed by atoms with Gasteiger partial charge in [0.25, 0.3) is 0 Å². The van der Waals surface area contributed by atoms with E-state index in [2.05, 4.69) is 26.8 Å². The van der Waals surface area contributed by atoms with E-state index in [1.165, 1.54) is 0 Å². The van der Waals surface area contributed by atoms with Crippen molar-refractivity contribution in [2.45, 2.75) is 25.4 Å². The molecule has 2 heterocycles. The normalized spacial score (nSPS) is 15.9. The van der Waals surface area contributed by atoms with E-state index in [0.29, 0.717) is 6.04 Å². The third-order valence-electron chi connectivity index (χ3n) is 4.94. The van der Waals surface area contributed by atoms with Crippen LogP contribution in [0.2, 0.25) is 10.0 Å². The number of benzene rings is 1. The fourth-order valence-electron chi connectivity index (χ4n) is 3.31. The largest absolute Gasteiger partial charge is 0.356 e. The summed E-state index contributed by atoms with van der Waals surface area (Å²) in [5.74, 6) is 1.71. The summed E-state index contributed by atoms with van der Waals surface area (Å²) in [7, 11) is 6.03. The van der Waals surface area contributed by atoms with Crippen molar-refractivity contribution in [2.75, 3.05) is 44.0 Å². The number of aromatic nitrogens is 2. The molecule has 1 fully saturated rings. The zero-order valence-corrected chi connectivity index (χ0v) is 17.0. The molecular weight excluding hydrogens is 369 g/mol. The minimum atomic E-state index is 0.470. The molecule has 0 saturated carbocycles. The lowest BCUT2D eigenvalue weighted by atomic mass is 10.0. The van der Waals surface area contributed by atoms with Crippen LogP contribution in [0.25, 0.3) is 0 Å². The summed E-state index contributed by atoms with van der Waals surface area (Å²) in [5, 5.41) is 1.49. The molecule has 0 radical (unpaired) electrons. The van der Waals surface area contributed by atoms with E-state index in [9.17, 15) is 0 Å². The van der Waals surface area contributed by atoms with E-state index < -0.39 is 0 Å². The van der Waals surface area contributed by atoms with Crippen LogP contribution in [0, 0.1) is 0 Å². The third kappa shape index (κ3) is 4.40. The molecule has 26 heavy (non-hydrogen) atoms. The van der Waals surface area contributed by atoms with Crippen LogP contribution in [0.4, 0.5) is 11.8 Å². The van der Waals surface area contributed by atoms with Crippen LogP contribution in [0.5, 0.6) is 0 Å². The lowest BCUT2D eigenvalue weighted by Gasteiger charge is -2.37. The molecule has 0 atom stereocenters. The zero-order valence-electron chi connectivity index (χ0n) is 15.5. The highest BCUT2D eigenvalue weighted by molar-refractivity contribution is 6.35. The van der Waals surface area contributed by atoms with Gasteiger partial charge in [0.2, 0.25) is 5.95 Å². The Hall–Kier alpha value is -1.56. The van der Waals surface area contributed by atoms with Gasteiger partial charge < -0.3 is 9.80 Å². The maximum Gasteiger partial charge on any atom is 0.226 e. The molecule has 1 aromatic carbocycles. The van der Waals surface area contributed by atoms with Crippen molar-refractivity contribution in [1.29, 1.82) is 0 Å². The highest BCUT2D eigenvalue weighted by atomic mass is 35.5. The first-order chi connectivity index (χ1) is 12.5. The molecule has 0 spiro atoms. The quantitative estimate of drug-likeness (QED) is 0.768. The van der Waals surface area contributed by atoms with Gasteiger partial charge >= 0.3 is 0 Å². The molecule has 0 amide bonds. The van der Waals surface area contributed by atoms with Crippen LogP contribution >= 0.6 is 23.2 Å². The summed E-state index contributed by atoms with van der Waals surface area (Å²) in [4.78, 5) is 15.6. The Kier molecular flexibility index (Phi) is 6.22. The van der Waals surface area contributed by atoms with Gasteiger partial charge in [-0.3, -0.25) is 4.90 Å². The lowest BCUT2D eigenvalue weighted by molar-refractivity contribution is 0.203. The Bertz CT molecular complexity index is 724. The van der Waals surface area contributed by atoms with Crippen LogP contribution < -0.4 is 9.80 Å². The molecule has 1 saturated heterocycles. The molecule has 1 aliphatic heterocycles. The summed E-state index contributed by atoms with van der Waals surface area (Å²) in [6, 6.07) is 8.14. The fourth-order valence-corrected chi connectivity index (χ4v) is 3.83. The van der Waals surface area contributed by atoms with Gasteiger partial charge in [-0.2, -0.15) is 4.98 Å². The summed E-state index contributed by atoms with van der Waals surface area (Å²) >= 11 is 12.6. The minimum Gasteiger partial charge on any atom is -0.356 e. The maximum atomic E-state index is 6.31. The highest BCUT2D eigenvalue weighted by Gasteiger charge is 2.24. The predicted molar refractivity (Wildman–Crippen MR) is 110 cm³/mol. The Morgan fingerprint density at radius 1 is 1.08 bits per heavy atom. The Balaban J connectivity index is 1.60. The van der Waals surface area contributed by atoms with Crippen molar-refractivity contribution < 1.29 is 0 Å². The molecule has 0 bridgehead atoms. The molecule has 0 N–H and O–H groups in total. The average Bonchev–Trinajstić information content (AvgIpc) is 2.65. The first-order valence-corrected chi connectivity index (χ1v) is 9.59. The van der Waals surface area contributed by atoms with Crippen LogP contribution in [-0.4, -0.2) is 55.1 Å². The van der Waals surface area contributed by atoms with E-state index in [1.54, 1.807) is 0 Å². The minimum absolute atomic E-state index is 0.470. The van der Waals surface area contributed by atoms with Gasteiger partial charge in [-0.15, -0.1) is 0 Å². The summed E-state index contributed by atoms with van der Waals surface area (Å²) in [5.41, 5.74) is 1.02. The maximum absolute atomic E-state index is 6.31. The predicted octanol–water partition coefficient (Wildman–Crippen LogP) is 3.95. The van der Waals surface area contributed by atoms with Gasteiger partial charge in [-0.25, -0.2) is 4.98 Å². The van der Waals surface area contributed by atoms with Crippen LogP contribution in [-0.2, 0) is 6.54 Å². The second-order valence-electron chi connectivity index (χ2n) is 6.93. The van der Waals surface area contributed by atoms with E-state index in [4.69, 9.17) is 23.2 Å². The Morgan fingerprint density at radius 3 is 2.35 bits per heavy atom. The fraction of sp³-hybridized carbons (Fsp3) is 0.474. The topological polar surface area (TPSA) is 35.5 Å². The van der Waals surface area contributed by atoms with Crippen molar-refractivity contribution in [3.05, 3.63) is 46.1 Å². The standard InChI is InChI=1S/C19H25Cl2N5/c1-24(2)19-22-10-7-18(23-19)25(3)14-8-11-26(12-9-14)13-15-16(20)5-4-6-17(15)21/h4-7,10,14H,8-9,11-13H2,1-3H3. The number of halogens is 2. The van der Waals surface area contributed by atoms with Crippen LogP contribution in [0.1, 0.15) is 18.4 Å². The van der Waals surface area contributed by atoms with Gasteiger partial charge in [0.1, 0.15) is 5.82 Å². The number of likely N-dealkylation sites (tertiary alicyclic amines) is 1. The summed E-state index contributed by atoms with van der Waals surface area (Å²) in [6.07, 6.45) is 3.99. The zero-order chi connectivity index (χ0) is 18.7. The molecule has 3 rings (SSSR count). The van der Waals surface area contributed by atoms with Crippen molar-refractivity contribution in [2.24, 2.45) is 0 Å². The number of nitrogens with zero attached hydrogens (tertiary/aromatic N) is 5. The number of hydrogen-bond acceptors (Lipinski definition) is 5. The first-order valence-electron chi connectivity index (χ1n) is 8.84. The second-order valence-corrected chi connectivity index (χ2v) is 7.74. The number of hydrogen-bond donors (Lipinski definition) is 0. The van der Waals surface area contributed by atoms with Crippen LogP contribution in [0.3, 0.4) is 0 Å². The molecule has 140 valence electrons. The van der Waals surface area contributed by atoms with Gasteiger partial charge in [-0.1, -0.05) is 29.3 Å². The molecule has 5 nitrogen and oxygen atoms in total. The molecule has 1 aromatic heterocycles. The second kappa shape index (κ2) is 8.42. The number of anilines is 2. The number of rotatable bonds is 5. The van der Waals surface area contributed by atoms with Crippen molar-refractivity contribution >= 4 is 35.0 Å². The van der Waals surface area contributed by atoms with Crippen molar-refractivity contribution in [3.8, 4) is 0 Å². The lowest BCUT2D eigenvalue weighted by Crippen LogP contribution is -2.43. The molecule has 0 unspecified atom stereocenters. The van der Waals surface area contributed by atoms with Gasteiger partial charge in [0, 0.05) is 68.6 Å².